The van der Waals surface area contributed by atoms with Crippen LogP contribution in [0.2, 0.25) is 0 Å². The zero-order valence-corrected chi connectivity index (χ0v) is 18.5. The molecule has 0 spiro atoms. The molecule has 1 aromatic heterocycles. The smallest absolute Gasteiger partial charge is 0.240 e. The molecule has 0 aliphatic carbocycles. The molecule has 0 fully saturated rings. The van der Waals surface area contributed by atoms with Gasteiger partial charge < -0.3 is 15.5 Å². The van der Waals surface area contributed by atoms with E-state index in [4.69, 9.17) is 4.74 Å². The highest BCUT2D eigenvalue weighted by Crippen LogP contribution is 2.37. The van der Waals surface area contributed by atoms with Crippen molar-refractivity contribution in [2.24, 2.45) is 0 Å². The van der Waals surface area contributed by atoms with Crippen LogP contribution in [0.3, 0.4) is 0 Å². The van der Waals surface area contributed by atoms with E-state index in [0.29, 0.717) is 28.0 Å². The van der Waals surface area contributed by atoms with Gasteiger partial charge in [-0.15, -0.1) is 10.2 Å². The summed E-state index contributed by atoms with van der Waals surface area (Å²) >= 11 is 1.23. The first-order valence-corrected chi connectivity index (χ1v) is 11.3. The van der Waals surface area contributed by atoms with Gasteiger partial charge in [-0.05, 0) is 54.1 Å². The number of thioether (sulfide) groups is 1. The third kappa shape index (κ3) is 4.72. The van der Waals surface area contributed by atoms with E-state index in [1.165, 1.54) is 48.2 Å². The lowest BCUT2D eigenvalue weighted by Crippen LogP contribution is -2.41. The molecule has 7 nitrogen and oxygen atoms in total. The Morgan fingerprint density at radius 2 is 1.65 bits per heavy atom. The largest absolute Gasteiger partial charge is 0.486 e. The number of hydrogen-bond donors (Lipinski definition) is 2. The summed E-state index contributed by atoms with van der Waals surface area (Å²) in [5.74, 6) is 0.135. The number of nitrogens with one attached hydrogen (secondary N) is 2. The Hall–Kier alpha value is -3.92. The molecule has 0 bridgehead atoms. The molecule has 2 N–H and O–H groups in total. The van der Waals surface area contributed by atoms with Gasteiger partial charge in [0, 0.05) is 5.69 Å². The monoisotopic (exact) mass is 479 g/mol. The molecule has 0 radical (unpaired) electrons. The second-order valence-electron chi connectivity index (χ2n) is 7.53. The Labute approximate surface area is 198 Å². The lowest BCUT2D eigenvalue weighted by Gasteiger charge is -2.33. The van der Waals surface area contributed by atoms with E-state index in [-0.39, 0.29) is 18.3 Å². The van der Waals surface area contributed by atoms with Crippen LogP contribution in [0.15, 0.2) is 84.0 Å². The zero-order valence-electron chi connectivity index (χ0n) is 17.7. The van der Waals surface area contributed by atoms with Gasteiger partial charge in [0.05, 0.1) is 6.04 Å². The molecule has 172 valence electrons. The van der Waals surface area contributed by atoms with E-state index in [0.717, 1.165) is 0 Å². The molecule has 2 atom stereocenters. The number of ether oxygens (including phenoxy) is 1. The van der Waals surface area contributed by atoms with Crippen LogP contribution in [0, 0.1) is 11.6 Å². The number of carbonyl (C=O) groups excluding carboxylic acids is 1. The predicted molar refractivity (Wildman–Crippen MR) is 124 cm³/mol. The molecule has 0 saturated heterocycles. The summed E-state index contributed by atoms with van der Waals surface area (Å²) in [5.41, 5.74) is 4.47. The summed E-state index contributed by atoms with van der Waals surface area (Å²) in [4.78, 5) is 13.2. The Kier molecular flexibility index (Phi) is 6.13. The number of nitrogens with zero attached hydrogens (tertiary/aromatic N) is 3. The van der Waals surface area contributed by atoms with Crippen LogP contribution in [-0.2, 0) is 11.4 Å². The number of para-hydroxylation sites is 1. The van der Waals surface area contributed by atoms with Crippen LogP contribution >= 0.6 is 11.8 Å². The number of aromatic nitrogens is 3. The number of halogens is 2. The van der Waals surface area contributed by atoms with Gasteiger partial charge in [0.15, 0.2) is 5.82 Å². The van der Waals surface area contributed by atoms with Crippen LogP contribution in [-0.4, -0.2) is 26.0 Å². The Morgan fingerprint density at radius 1 is 0.971 bits per heavy atom. The Bertz CT molecular complexity index is 1280. The summed E-state index contributed by atoms with van der Waals surface area (Å²) in [7, 11) is 0. The third-order valence-corrected chi connectivity index (χ3v) is 6.43. The Morgan fingerprint density at radius 3 is 2.35 bits per heavy atom. The van der Waals surface area contributed by atoms with Gasteiger partial charge >= 0.3 is 0 Å². The van der Waals surface area contributed by atoms with Crippen molar-refractivity contribution >= 4 is 23.4 Å². The molecule has 2 heterocycles. The van der Waals surface area contributed by atoms with E-state index < -0.39 is 17.1 Å². The maximum absolute atomic E-state index is 13.6. The average Bonchev–Trinajstić information content (AvgIpc) is 3.26. The molecule has 4 aromatic rings. The fraction of sp³-hybridized carbons (Fsp3) is 0.125. The second kappa shape index (κ2) is 9.52. The molecule has 1 aliphatic heterocycles. The van der Waals surface area contributed by atoms with Gasteiger partial charge in [-0.1, -0.05) is 42.1 Å². The van der Waals surface area contributed by atoms with Gasteiger partial charge in [-0.25, -0.2) is 13.5 Å². The topological polar surface area (TPSA) is 81.1 Å². The van der Waals surface area contributed by atoms with Crippen LogP contribution in [0.25, 0.3) is 0 Å². The van der Waals surface area contributed by atoms with Crippen LogP contribution in [0.1, 0.15) is 17.4 Å². The summed E-state index contributed by atoms with van der Waals surface area (Å²) in [6.45, 7) is 0.160. The van der Waals surface area contributed by atoms with E-state index >= 15 is 0 Å². The van der Waals surface area contributed by atoms with Crippen molar-refractivity contribution in [1.82, 2.24) is 14.9 Å². The standard InChI is InChI=1S/C24H19F2N5O2S/c25-16-8-6-15(7-9-16)21-22(23(32)27-18-12-10-17(26)11-13-18)34-24-29-28-20(31(24)30-21)14-33-19-4-2-1-3-5-19/h1-13,21-22,30H,14H2,(H,27,32)/t21-,22+/m0/s1. The molecule has 34 heavy (non-hydrogen) atoms. The first-order valence-electron chi connectivity index (χ1n) is 10.4. The van der Waals surface area contributed by atoms with Crippen molar-refractivity contribution < 1.29 is 18.3 Å². The van der Waals surface area contributed by atoms with E-state index in [1.54, 1.807) is 16.8 Å². The number of fused-ring (bicyclic) bond motifs is 1. The minimum atomic E-state index is -0.657. The quantitative estimate of drug-likeness (QED) is 0.423. The number of benzene rings is 3. The van der Waals surface area contributed by atoms with E-state index in [2.05, 4.69) is 20.9 Å². The van der Waals surface area contributed by atoms with Crippen LogP contribution < -0.4 is 15.5 Å². The molecular weight excluding hydrogens is 460 g/mol. The number of hydrogen-bond acceptors (Lipinski definition) is 6. The van der Waals surface area contributed by atoms with Crippen LogP contribution in [0.4, 0.5) is 14.5 Å². The van der Waals surface area contributed by atoms with Gasteiger partial charge in [-0.2, -0.15) is 0 Å². The SMILES string of the molecule is O=C(Nc1ccc(F)cc1)[C@@H]1Sc2nnc(COc3ccccc3)n2N[C@H]1c1ccc(F)cc1. The van der Waals surface area contributed by atoms with Gasteiger partial charge in [0.1, 0.15) is 29.2 Å². The minimum Gasteiger partial charge on any atom is -0.486 e. The van der Waals surface area contributed by atoms with Gasteiger partial charge in [0.2, 0.25) is 11.1 Å². The molecular formula is C24H19F2N5O2S. The molecule has 0 saturated carbocycles. The zero-order chi connectivity index (χ0) is 23.5. The molecule has 5 rings (SSSR count). The molecule has 3 aromatic carbocycles. The predicted octanol–water partition coefficient (Wildman–Crippen LogP) is 4.53. The lowest BCUT2D eigenvalue weighted by molar-refractivity contribution is -0.116. The third-order valence-electron chi connectivity index (χ3n) is 5.21. The first kappa shape index (κ1) is 21.9. The fourth-order valence-corrected chi connectivity index (χ4v) is 4.62. The highest BCUT2D eigenvalue weighted by molar-refractivity contribution is 8.00. The van der Waals surface area contributed by atoms with Crippen molar-refractivity contribution in [3.05, 3.63) is 102 Å². The maximum atomic E-state index is 13.6. The van der Waals surface area contributed by atoms with Crippen molar-refractivity contribution in [3.8, 4) is 5.75 Å². The summed E-state index contributed by atoms with van der Waals surface area (Å²) in [6.07, 6.45) is 0. The molecule has 1 amide bonds. The summed E-state index contributed by atoms with van der Waals surface area (Å²) in [5, 5.41) is 11.1. The number of anilines is 1. The number of rotatable bonds is 6. The van der Waals surface area contributed by atoms with E-state index in [9.17, 15) is 13.6 Å². The van der Waals surface area contributed by atoms with Gasteiger partial charge in [-0.3, -0.25) is 4.79 Å². The van der Waals surface area contributed by atoms with Crippen molar-refractivity contribution in [2.75, 3.05) is 10.7 Å². The lowest BCUT2D eigenvalue weighted by atomic mass is 10.0. The van der Waals surface area contributed by atoms with E-state index in [1.807, 2.05) is 30.3 Å². The molecule has 1 aliphatic rings. The summed E-state index contributed by atoms with van der Waals surface area (Å²) < 4.78 is 34.3. The summed E-state index contributed by atoms with van der Waals surface area (Å²) in [6, 6.07) is 20.3. The van der Waals surface area contributed by atoms with Crippen molar-refractivity contribution in [3.63, 3.8) is 0 Å². The number of amides is 1. The van der Waals surface area contributed by atoms with Crippen LogP contribution in [0.5, 0.6) is 5.75 Å². The molecule has 10 heteroatoms. The normalized spacial score (nSPS) is 16.9. The molecule has 0 unspecified atom stereocenters. The first-order chi connectivity index (χ1) is 16.6. The highest BCUT2D eigenvalue weighted by atomic mass is 32.2. The highest BCUT2D eigenvalue weighted by Gasteiger charge is 2.38. The fourth-order valence-electron chi connectivity index (χ4n) is 3.52. The average molecular weight is 480 g/mol. The van der Waals surface area contributed by atoms with Crippen molar-refractivity contribution in [2.45, 2.75) is 23.1 Å². The van der Waals surface area contributed by atoms with Crippen molar-refractivity contribution in [1.29, 1.82) is 0 Å². The minimum absolute atomic E-state index is 0.160. The number of carbonyl (C=O) groups is 1. The Balaban J connectivity index is 1.41. The second-order valence-corrected chi connectivity index (χ2v) is 8.64. The van der Waals surface area contributed by atoms with Gasteiger partial charge in [0.25, 0.3) is 0 Å². The maximum Gasteiger partial charge on any atom is 0.240 e.